The van der Waals surface area contributed by atoms with Crippen LogP contribution < -0.4 is 11.2 Å². The van der Waals surface area contributed by atoms with Gasteiger partial charge in [0.05, 0.1) is 11.4 Å². The van der Waals surface area contributed by atoms with Crippen LogP contribution in [0.3, 0.4) is 0 Å². The topological polar surface area (TPSA) is 89.6 Å². The van der Waals surface area contributed by atoms with Crippen molar-refractivity contribution in [3.05, 3.63) is 73.5 Å². The fourth-order valence-electron chi connectivity index (χ4n) is 3.37. The minimum Gasteiger partial charge on any atom is -0.423 e. The van der Waals surface area contributed by atoms with Crippen molar-refractivity contribution in [2.45, 2.75) is 38.6 Å². The largest absolute Gasteiger partial charge is 0.423 e. The number of fused-ring (bicyclic) bond motifs is 1. The maximum atomic E-state index is 12.8. The van der Waals surface area contributed by atoms with Gasteiger partial charge in [0.2, 0.25) is 10.0 Å². The molecule has 0 atom stereocenters. The molecule has 0 aliphatic carbocycles. The highest BCUT2D eigenvalue weighted by Crippen LogP contribution is 2.26. The van der Waals surface area contributed by atoms with Gasteiger partial charge in [-0.1, -0.05) is 32.4 Å². The van der Waals surface area contributed by atoms with Crippen molar-refractivity contribution in [3.63, 3.8) is 0 Å². The van der Waals surface area contributed by atoms with E-state index in [0.29, 0.717) is 41.1 Å². The van der Waals surface area contributed by atoms with Gasteiger partial charge in [-0.2, -0.15) is 4.31 Å². The standard InChI is InChI=1S/C21H23ClN2O5S/c1-4-14-9-19-17(11-18(14)22)15(10-21(26)29-19)12-23-13-16(7-8-20(23)25)30(27,28)24(5-2)6-3/h7-11,13H,4-6,12H2,1-3H3. The maximum Gasteiger partial charge on any atom is 0.336 e. The van der Waals surface area contributed by atoms with Gasteiger partial charge in [0, 0.05) is 41.8 Å². The van der Waals surface area contributed by atoms with Crippen LogP contribution in [0.1, 0.15) is 31.9 Å². The van der Waals surface area contributed by atoms with Crippen molar-refractivity contribution < 1.29 is 12.8 Å². The van der Waals surface area contributed by atoms with Crippen LogP contribution in [0, 0.1) is 0 Å². The molecular formula is C21H23ClN2O5S. The molecule has 0 saturated heterocycles. The van der Waals surface area contributed by atoms with E-state index in [1.807, 2.05) is 6.92 Å². The van der Waals surface area contributed by atoms with E-state index in [-0.39, 0.29) is 17.0 Å². The molecular weight excluding hydrogens is 428 g/mol. The van der Waals surface area contributed by atoms with Crippen LogP contribution in [0.15, 0.2) is 55.4 Å². The van der Waals surface area contributed by atoms with E-state index in [1.165, 1.54) is 33.3 Å². The number of pyridine rings is 1. The Balaban J connectivity index is 2.13. The molecule has 0 bridgehead atoms. The molecule has 0 N–H and O–H groups in total. The molecule has 3 rings (SSSR count). The van der Waals surface area contributed by atoms with Gasteiger partial charge in [-0.3, -0.25) is 4.79 Å². The number of sulfonamides is 1. The Morgan fingerprint density at radius 3 is 2.37 bits per heavy atom. The lowest BCUT2D eigenvalue weighted by Gasteiger charge is -2.19. The SMILES string of the molecule is CCc1cc2oc(=O)cc(Cn3cc(S(=O)(=O)N(CC)CC)ccc3=O)c2cc1Cl. The third-order valence-corrected chi connectivity index (χ3v) is 7.40. The molecule has 30 heavy (non-hydrogen) atoms. The number of aromatic nitrogens is 1. The molecule has 3 aromatic rings. The van der Waals surface area contributed by atoms with E-state index in [9.17, 15) is 18.0 Å². The number of hydrogen-bond acceptors (Lipinski definition) is 5. The zero-order valence-electron chi connectivity index (χ0n) is 17.0. The van der Waals surface area contributed by atoms with Gasteiger partial charge in [-0.25, -0.2) is 13.2 Å². The lowest BCUT2D eigenvalue weighted by Crippen LogP contribution is -2.32. The van der Waals surface area contributed by atoms with Crippen LogP contribution in [-0.2, 0) is 23.0 Å². The Morgan fingerprint density at radius 2 is 1.73 bits per heavy atom. The van der Waals surface area contributed by atoms with Crippen molar-refractivity contribution in [1.82, 2.24) is 8.87 Å². The molecule has 0 fully saturated rings. The number of halogens is 1. The zero-order valence-corrected chi connectivity index (χ0v) is 18.6. The lowest BCUT2D eigenvalue weighted by atomic mass is 10.1. The van der Waals surface area contributed by atoms with E-state index in [4.69, 9.17) is 16.0 Å². The third kappa shape index (κ3) is 4.21. The summed E-state index contributed by atoms with van der Waals surface area (Å²) in [6.07, 6.45) is 1.98. The zero-order chi connectivity index (χ0) is 22.1. The van der Waals surface area contributed by atoms with Crippen LogP contribution in [0.4, 0.5) is 0 Å². The predicted octanol–water partition coefficient (Wildman–Crippen LogP) is 3.25. The molecule has 0 unspecified atom stereocenters. The average Bonchev–Trinajstić information content (AvgIpc) is 2.70. The molecule has 2 heterocycles. The quantitative estimate of drug-likeness (QED) is 0.515. The number of benzene rings is 1. The van der Waals surface area contributed by atoms with Gasteiger partial charge in [0.15, 0.2) is 0 Å². The number of nitrogens with zero attached hydrogens (tertiary/aromatic N) is 2. The highest BCUT2D eigenvalue weighted by atomic mass is 35.5. The monoisotopic (exact) mass is 450 g/mol. The molecule has 7 nitrogen and oxygen atoms in total. The first-order valence-electron chi connectivity index (χ1n) is 9.67. The molecule has 160 valence electrons. The number of rotatable bonds is 7. The highest BCUT2D eigenvalue weighted by molar-refractivity contribution is 7.89. The minimum atomic E-state index is -3.73. The van der Waals surface area contributed by atoms with Gasteiger partial charge >= 0.3 is 5.63 Å². The fourth-order valence-corrected chi connectivity index (χ4v) is 5.15. The Bertz CT molecular complexity index is 1310. The summed E-state index contributed by atoms with van der Waals surface area (Å²) in [6, 6.07) is 7.23. The van der Waals surface area contributed by atoms with E-state index in [2.05, 4.69) is 0 Å². The van der Waals surface area contributed by atoms with Crippen LogP contribution in [0.5, 0.6) is 0 Å². The van der Waals surface area contributed by atoms with Crippen LogP contribution in [0.25, 0.3) is 11.0 Å². The van der Waals surface area contributed by atoms with E-state index < -0.39 is 15.6 Å². The number of aryl methyl sites for hydroxylation is 1. The second kappa shape index (κ2) is 8.75. The predicted molar refractivity (Wildman–Crippen MR) is 117 cm³/mol. The van der Waals surface area contributed by atoms with Crippen LogP contribution >= 0.6 is 11.6 Å². The summed E-state index contributed by atoms with van der Waals surface area (Å²) in [4.78, 5) is 24.5. The van der Waals surface area contributed by atoms with E-state index >= 15 is 0 Å². The second-order valence-corrected chi connectivity index (χ2v) is 9.15. The molecule has 0 spiro atoms. The first-order valence-corrected chi connectivity index (χ1v) is 11.5. The molecule has 0 radical (unpaired) electrons. The van der Waals surface area contributed by atoms with Gasteiger partial charge in [-0.05, 0) is 35.7 Å². The van der Waals surface area contributed by atoms with Gasteiger partial charge in [0.25, 0.3) is 5.56 Å². The minimum absolute atomic E-state index is 0.00431. The fraction of sp³-hybridized carbons (Fsp3) is 0.333. The molecule has 0 aliphatic rings. The van der Waals surface area contributed by atoms with Gasteiger partial charge in [-0.15, -0.1) is 0 Å². The Hall–Kier alpha value is -2.42. The molecule has 9 heteroatoms. The Labute approximate surface area is 179 Å². The molecule has 0 amide bonds. The summed E-state index contributed by atoms with van der Waals surface area (Å²) in [5, 5.41) is 1.13. The summed E-state index contributed by atoms with van der Waals surface area (Å²) in [6.45, 7) is 6.09. The number of hydrogen-bond donors (Lipinski definition) is 0. The highest BCUT2D eigenvalue weighted by Gasteiger charge is 2.22. The molecule has 2 aromatic heterocycles. The molecule has 1 aromatic carbocycles. The first-order chi connectivity index (χ1) is 14.2. The summed E-state index contributed by atoms with van der Waals surface area (Å²) in [7, 11) is -3.73. The van der Waals surface area contributed by atoms with Gasteiger partial charge < -0.3 is 8.98 Å². The Morgan fingerprint density at radius 1 is 1.03 bits per heavy atom. The van der Waals surface area contributed by atoms with Crippen molar-refractivity contribution >= 4 is 32.6 Å². The summed E-state index contributed by atoms with van der Waals surface area (Å²) < 4.78 is 33.5. The first kappa shape index (κ1) is 22.3. The lowest BCUT2D eigenvalue weighted by molar-refractivity contribution is 0.444. The summed E-state index contributed by atoms with van der Waals surface area (Å²) in [5.74, 6) is 0. The maximum absolute atomic E-state index is 12.8. The third-order valence-electron chi connectivity index (χ3n) is 5.02. The van der Waals surface area contributed by atoms with Crippen LogP contribution in [0.2, 0.25) is 5.02 Å². The van der Waals surface area contributed by atoms with Crippen LogP contribution in [-0.4, -0.2) is 30.4 Å². The van der Waals surface area contributed by atoms with E-state index in [0.717, 1.165) is 5.56 Å². The van der Waals surface area contributed by atoms with Crippen molar-refractivity contribution in [2.24, 2.45) is 0 Å². The molecule has 0 saturated carbocycles. The van der Waals surface area contributed by atoms with Crippen molar-refractivity contribution in [3.8, 4) is 0 Å². The summed E-state index contributed by atoms with van der Waals surface area (Å²) in [5.41, 5.74) is 0.797. The smallest absolute Gasteiger partial charge is 0.336 e. The van der Waals surface area contributed by atoms with Gasteiger partial charge in [0.1, 0.15) is 5.58 Å². The van der Waals surface area contributed by atoms with Crippen molar-refractivity contribution in [2.75, 3.05) is 13.1 Å². The van der Waals surface area contributed by atoms with Crippen molar-refractivity contribution in [1.29, 1.82) is 0 Å². The Kier molecular flexibility index (Phi) is 6.50. The average molecular weight is 451 g/mol. The second-order valence-electron chi connectivity index (χ2n) is 6.80. The van der Waals surface area contributed by atoms with E-state index in [1.54, 1.807) is 26.0 Å². The normalized spacial score (nSPS) is 12.0. The summed E-state index contributed by atoms with van der Waals surface area (Å²) >= 11 is 6.33. The molecule has 0 aliphatic heterocycles.